The summed E-state index contributed by atoms with van der Waals surface area (Å²) in [5, 5.41) is 19.7. The third kappa shape index (κ3) is 9.01. The topological polar surface area (TPSA) is 180 Å². The molecule has 2 aliphatic carbocycles. The van der Waals surface area contributed by atoms with Gasteiger partial charge in [-0.05, 0) is 68.2 Å². The molecule has 1 saturated heterocycles. The van der Waals surface area contributed by atoms with Gasteiger partial charge in [-0.2, -0.15) is 0 Å². The van der Waals surface area contributed by atoms with Crippen LogP contribution in [0.1, 0.15) is 95.6 Å². The van der Waals surface area contributed by atoms with Gasteiger partial charge < -0.3 is 36.4 Å². The van der Waals surface area contributed by atoms with Crippen molar-refractivity contribution in [1.29, 1.82) is 0 Å². The molecule has 0 aromatic heterocycles. The highest BCUT2D eigenvalue weighted by Crippen LogP contribution is 2.44. The molecule has 1 heterocycles. The van der Waals surface area contributed by atoms with Gasteiger partial charge in [0.05, 0.1) is 12.5 Å². The Morgan fingerprint density at radius 1 is 0.900 bits per heavy atom. The summed E-state index contributed by atoms with van der Waals surface area (Å²) >= 11 is 0. The minimum Gasteiger partial charge on any atom is -0.449 e. The van der Waals surface area contributed by atoms with E-state index in [0.29, 0.717) is 25.8 Å². The van der Waals surface area contributed by atoms with Crippen LogP contribution >= 0.6 is 0 Å². The van der Waals surface area contributed by atoms with Crippen LogP contribution in [0.25, 0.3) is 11.1 Å². The molecule has 3 aliphatic rings. The smallest absolute Gasteiger partial charge is 0.407 e. The van der Waals surface area contributed by atoms with Gasteiger partial charge in [-0.15, -0.1) is 0 Å². The first-order chi connectivity index (χ1) is 23.8. The summed E-state index contributed by atoms with van der Waals surface area (Å²) in [6.07, 6.45) is 3.19. The third-order valence-corrected chi connectivity index (χ3v) is 9.97. The van der Waals surface area contributed by atoms with Crippen LogP contribution in [0.2, 0.25) is 0 Å². The van der Waals surface area contributed by atoms with Gasteiger partial charge in [0.1, 0.15) is 18.7 Å². The molecule has 2 aromatic carbocycles. The van der Waals surface area contributed by atoms with Crippen molar-refractivity contribution in [2.24, 2.45) is 11.7 Å². The maximum atomic E-state index is 13.8. The highest BCUT2D eigenvalue weighted by atomic mass is 16.5. The molecule has 1 saturated carbocycles. The number of nitrogens with two attached hydrogens (primary N) is 1. The number of ether oxygens (including phenoxy) is 1. The number of amides is 5. The van der Waals surface area contributed by atoms with E-state index in [0.717, 1.165) is 54.4 Å². The number of alkyl carbamates (subject to hydrolysis) is 1. The lowest BCUT2D eigenvalue weighted by atomic mass is 9.83. The number of carbonyl (C=O) groups is 5. The number of aliphatic hydroxyl groups excluding tert-OH is 1. The zero-order valence-corrected chi connectivity index (χ0v) is 29.3. The highest BCUT2D eigenvalue weighted by molar-refractivity contribution is 5.93. The summed E-state index contributed by atoms with van der Waals surface area (Å²) in [6, 6.07) is 12.6. The second-order valence-corrected chi connectivity index (χ2v) is 14.9. The lowest BCUT2D eigenvalue weighted by Crippen LogP contribution is -2.59. The molecular weight excluding hydrogens is 638 g/mol. The van der Waals surface area contributed by atoms with Crippen LogP contribution < -0.4 is 21.7 Å². The molecule has 6 N–H and O–H groups in total. The highest BCUT2D eigenvalue weighted by Gasteiger charge is 2.41. The summed E-state index contributed by atoms with van der Waals surface area (Å²) in [6.45, 7) is 5.87. The number of carbonyl (C=O) groups excluding carboxylic acids is 5. The molecule has 0 spiro atoms. The van der Waals surface area contributed by atoms with Crippen LogP contribution in [0.15, 0.2) is 48.5 Å². The third-order valence-electron chi connectivity index (χ3n) is 9.97. The minimum atomic E-state index is -1.65. The standard InChI is InChI=1S/C38H51N5O7/c1-38(2,3)42-35(47)31-18-11-19-43(31)36(48)33(45)29(20-23-12-5-4-6-13-23)40-34(46)30(21-32(39)44)41-37(49)50-22-28-26-16-9-7-14-24(26)25-15-8-10-17-27(25)28/h7-10,14-17,23,28-31,33,45H,4-6,11-13,18-22H2,1-3H3,(H2,39,44)(H,40,46)(H,41,49)(H,42,47)/t29-,30-,31-,33-/m0/s1. The van der Waals surface area contributed by atoms with Crippen molar-refractivity contribution in [2.45, 2.75) is 114 Å². The Labute approximate surface area is 293 Å². The summed E-state index contributed by atoms with van der Waals surface area (Å²) in [7, 11) is 0. The van der Waals surface area contributed by atoms with Gasteiger partial charge in [0, 0.05) is 18.0 Å². The summed E-state index contributed by atoms with van der Waals surface area (Å²) in [5.41, 5.74) is 9.16. The van der Waals surface area contributed by atoms with Crippen LogP contribution in [0, 0.1) is 5.92 Å². The Hall–Kier alpha value is -4.45. The number of benzene rings is 2. The number of nitrogens with one attached hydrogen (secondary N) is 3. The molecule has 50 heavy (non-hydrogen) atoms. The SMILES string of the molecule is CC(C)(C)NC(=O)[C@@H]1CCCN1C(=O)[C@@H](O)[C@H](CC1CCCCC1)NC(=O)[C@H](CC(N)=O)NC(=O)OCC1c2ccccc2-c2ccccc21. The second-order valence-electron chi connectivity index (χ2n) is 14.9. The number of hydrogen-bond donors (Lipinski definition) is 5. The van der Waals surface area contributed by atoms with Gasteiger partial charge in [0.2, 0.25) is 17.7 Å². The molecule has 2 aromatic rings. The largest absolute Gasteiger partial charge is 0.449 e. The Morgan fingerprint density at radius 2 is 1.52 bits per heavy atom. The maximum Gasteiger partial charge on any atom is 0.407 e. The summed E-state index contributed by atoms with van der Waals surface area (Å²) < 4.78 is 5.62. The van der Waals surface area contributed by atoms with Crippen LogP contribution in [0.5, 0.6) is 0 Å². The van der Waals surface area contributed by atoms with Gasteiger partial charge in [0.15, 0.2) is 6.10 Å². The van der Waals surface area contributed by atoms with Gasteiger partial charge in [-0.1, -0.05) is 80.6 Å². The van der Waals surface area contributed by atoms with Gasteiger partial charge in [0.25, 0.3) is 5.91 Å². The van der Waals surface area contributed by atoms with E-state index in [9.17, 15) is 29.1 Å². The number of likely N-dealkylation sites (tertiary alicyclic amines) is 1. The van der Waals surface area contributed by atoms with Crippen LogP contribution in [0.4, 0.5) is 4.79 Å². The van der Waals surface area contributed by atoms with Crippen LogP contribution in [-0.4, -0.2) is 82.6 Å². The van der Waals surface area contributed by atoms with Crippen LogP contribution in [-0.2, 0) is 23.9 Å². The van der Waals surface area contributed by atoms with Crippen molar-refractivity contribution < 1.29 is 33.8 Å². The normalized spacial score (nSPS) is 19.4. The van der Waals surface area contributed by atoms with Gasteiger partial charge in [-0.25, -0.2) is 4.79 Å². The van der Waals surface area contributed by atoms with Crippen molar-refractivity contribution in [2.75, 3.05) is 13.2 Å². The quantitative estimate of drug-likeness (QED) is 0.226. The Kier molecular flexibility index (Phi) is 11.8. The van der Waals surface area contributed by atoms with E-state index in [-0.39, 0.29) is 24.3 Å². The first kappa shape index (κ1) is 36.8. The molecule has 0 unspecified atom stereocenters. The number of primary amides is 1. The number of rotatable bonds is 12. The fourth-order valence-electron chi connectivity index (χ4n) is 7.62. The van der Waals surface area contributed by atoms with E-state index in [2.05, 4.69) is 16.0 Å². The number of fused-ring (bicyclic) bond motifs is 3. The van der Waals surface area contributed by atoms with E-state index in [1.807, 2.05) is 69.3 Å². The average Bonchev–Trinajstić information content (AvgIpc) is 3.69. The maximum absolute atomic E-state index is 13.8. The second kappa shape index (κ2) is 16.1. The lowest BCUT2D eigenvalue weighted by Gasteiger charge is -2.34. The van der Waals surface area contributed by atoms with Crippen molar-refractivity contribution in [3.8, 4) is 11.1 Å². The molecule has 4 atom stereocenters. The van der Waals surface area contributed by atoms with E-state index in [1.54, 1.807) is 0 Å². The first-order valence-corrected chi connectivity index (χ1v) is 17.8. The van der Waals surface area contributed by atoms with E-state index < -0.39 is 60.0 Å². The van der Waals surface area contributed by atoms with Crippen LogP contribution in [0.3, 0.4) is 0 Å². The van der Waals surface area contributed by atoms with E-state index >= 15 is 0 Å². The van der Waals surface area contributed by atoms with Crippen molar-refractivity contribution in [3.63, 3.8) is 0 Å². The average molecular weight is 690 g/mol. The molecule has 0 radical (unpaired) electrons. The fraction of sp³-hybridized carbons (Fsp3) is 0.553. The number of hydrogen-bond acceptors (Lipinski definition) is 7. The lowest BCUT2D eigenvalue weighted by molar-refractivity contribution is -0.147. The fourth-order valence-corrected chi connectivity index (χ4v) is 7.62. The Balaban J connectivity index is 1.27. The molecule has 12 heteroatoms. The zero-order chi connectivity index (χ0) is 36.0. The van der Waals surface area contributed by atoms with Crippen molar-refractivity contribution in [1.82, 2.24) is 20.9 Å². The molecule has 5 amide bonds. The Morgan fingerprint density at radius 3 is 2.12 bits per heavy atom. The van der Waals surface area contributed by atoms with E-state index in [1.165, 1.54) is 4.90 Å². The predicted molar refractivity (Wildman–Crippen MR) is 188 cm³/mol. The molecule has 0 bridgehead atoms. The molecular formula is C38H51N5O7. The molecule has 12 nitrogen and oxygen atoms in total. The zero-order valence-electron chi connectivity index (χ0n) is 29.3. The minimum absolute atomic E-state index is 0.00207. The van der Waals surface area contributed by atoms with Crippen molar-refractivity contribution >= 4 is 29.7 Å². The van der Waals surface area contributed by atoms with E-state index in [4.69, 9.17) is 10.5 Å². The monoisotopic (exact) mass is 689 g/mol. The number of nitrogens with zero attached hydrogens (tertiary/aromatic N) is 1. The Bertz CT molecular complexity index is 1520. The molecule has 2 fully saturated rings. The summed E-state index contributed by atoms with van der Waals surface area (Å²) in [5.74, 6) is -2.59. The molecule has 1 aliphatic heterocycles. The molecule has 270 valence electrons. The van der Waals surface area contributed by atoms with Crippen molar-refractivity contribution in [3.05, 3.63) is 59.7 Å². The summed E-state index contributed by atoms with van der Waals surface area (Å²) in [4.78, 5) is 67.2. The first-order valence-electron chi connectivity index (χ1n) is 17.8. The molecule has 5 rings (SSSR count). The van der Waals surface area contributed by atoms with Gasteiger partial charge in [-0.3, -0.25) is 19.2 Å². The van der Waals surface area contributed by atoms with Gasteiger partial charge >= 0.3 is 6.09 Å². The number of aliphatic hydroxyl groups is 1. The predicted octanol–water partition coefficient (Wildman–Crippen LogP) is 3.49.